The number of hydrogen-bond donors (Lipinski definition) is 2. The number of nitrogens with one attached hydrogen (secondary N) is 1. The molecule has 0 saturated carbocycles. The molecule has 0 aliphatic carbocycles. The quantitative estimate of drug-likeness (QED) is 0.195. The number of ether oxygens (including phenoxy) is 2. The molecule has 2 N–H and O–H groups in total. The van der Waals surface area contributed by atoms with Gasteiger partial charge in [0.2, 0.25) is 0 Å². The molecule has 0 bridgehead atoms. The summed E-state index contributed by atoms with van der Waals surface area (Å²) in [6.45, 7) is 3.61. The van der Waals surface area contributed by atoms with Crippen molar-refractivity contribution in [3.8, 4) is 11.8 Å². The number of halogens is 2. The largest absolute Gasteiger partial charge is 0.493 e. The second-order valence-corrected chi connectivity index (χ2v) is 12.9. The van der Waals surface area contributed by atoms with E-state index >= 15 is 4.39 Å². The van der Waals surface area contributed by atoms with Gasteiger partial charge in [0.05, 0.1) is 31.9 Å². The molecule has 2 aromatic heterocycles. The van der Waals surface area contributed by atoms with Crippen molar-refractivity contribution in [3.63, 3.8) is 0 Å². The number of hydrogen-bond acceptors (Lipinski definition) is 10. The summed E-state index contributed by atoms with van der Waals surface area (Å²) in [6, 6.07) is 21.9. The number of nitriles is 1. The fourth-order valence-corrected chi connectivity index (χ4v) is 6.79. The first-order valence-corrected chi connectivity index (χ1v) is 16.9. The zero-order chi connectivity index (χ0) is 36.1. The van der Waals surface area contributed by atoms with Gasteiger partial charge in [-0.3, -0.25) is 4.79 Å². The van der Waals surface area contributed by atoms with Gasteiger partial charge in [0.15, 0.2) is 0 Å². The van der Waals surface area contributed by atoms with Crippen molar-refractivity contribution in [2.24, 2.45) is 5.92 Å². The number of aliphatic hydroxyl groups is 1. The Labute approximate surface area is 298 Å². The fraction of sp³-hybridized carbons (Fsp3) is 0.289. The minimum Gasteiger partial charge on any atom is -0.493 e. The molecule has 2 saturated heterocycles. The predicted molar refractivity (Wildman–Crippen MR) is 188 cm³/mol. The van der Waals surface area contributed by atoms with E-state index < -0.39 is 17.2 Å². The zero-order valence-electron chi connectivity index (χ0n) is 28.2. The SMILES string of the molecule is N#Cc1ccc(NC(=O)c2ccc(N3CCN(c4ccc(OC[C@@H]5CO[C@@](Cn6cncn6)(c6ccc(F)cc6F)C5)c(CO)c4)CC3)cc2)nc1. The summed E-state index contributed by atoms with van der Waals surface area (Å²) >= 11 is 0. The number of pyridine rings is 1. The molecule has 1 amide bonds. The molecular weight excluding hydrogens is 670 g/mol. The number of anilines is 3. The van der Waals surface area contributed by atoms with Crippen LogP contribution < -0.4 is 19.9 Å². The summed E-state index contributed by atoms with van der Waals surface area (Å²) in [7, 11) is 0. The third kappa shape index (κ3) is 7.56. The van der Waals surface area contributed by atoms with Gasteiger partial charge < -0.3 is 29.7 Å². The van der Waals surface area contributed by atoms with Crippen molar-refractivity contribution in [1.29, 1.82) is 5.26 Å². The minimum atomic E-state index is -1.08. The standard InChI is InChI=1S/C38H36F2N8O4/c39-30-4-8-33(34(40)16-30)38(23-48-25-42-24-44-48)17-27(22-52-38)21-51-35-9-7-32(15-29(35)20-49)47-13-11-46(12-14-47)31-5-2-28(3-6-31)37(50)45-36-10-1-26(18-41)19-43-36/h1-10,15-16,19,24-25,27,49H,11-14,17,20-23H2,(H,43,45,50)/t27-,38+/m1/s1. The van der Waals surface area contributed by atoms with Crippen LogP contribution in [-0.4, -0.2) is 70.2 Å². The maximum atomic E-state index is 15.0. The van der Waals surface area contributed by atoms with Gasteiger partial charge in [-0.25, -0.2) is 23.4 Å². The van der Waals surface area contributed by atoms with Gasteiger partial charge in [0.1, 0.15) is 47.5 Å². The molecule has 14 heteroatoms. The molecule has 12 nitrogen and oxygen atoms in total. The van der Waals surface area contributed by atoms with E-state index in [4.69, 9.17) is 14.7 Å². The van der Waals surface area contributed by atoms with Crippen molar-refractivity contribution in [1.82, 2.24) is 19.7 Å². The van der Waals surface area contributed by atoms with Crippen molar-refractivity contribution in [2.45, 2.75) is 25.2 Å². The number of rotatable bonds is 11. The summed E-state index contributed by atoms with van der Waals surface area (Å²) in [5, 5.41) is 26.1. The lowest BCUT2D eigenvalue weighted by Crippen LogP contribution is -2.46. The average Bonchev–Trinajstić information content (AvgIpc) is 3.85. The lowest BCUT2D eigenvalue weighted by molar-refractivity contribution is -0.0206. The van der Waals surface area contributed by atoms with Crippen LogP contribution in [0.2, 0.25) is 0 Å². The van der Waals surface area contributed by atoms with Crippen molar-refractivity contribution < 1.29 is 28.2 Å². The molecule has 2 atom stereocenters. The molecule has 2 fully saturated rings. The molecule has 3 aromatic carbocycles. The number of nitrogens with zero attached hydrogens (tertiary/aromatic N) is 7. The van der Waals surface area contributed by atoms with Gasteiger partial charge >= 0.3 is 0 Å². The van der Waals surface area contributed by atoms with Gasteiger partial charge in [-0.05, 0) is 67.1 Å². The summed E-state index contributed by atoms with van der Waals surface area (Å²) in [5.74, 6) is -0.794. The van der Waals surface area contributed by atoms with Gasteiger partial charge in [0, 0.05) is 72.4 Å². The first kappa shape index (κ1) is 34.5. The summed E-state index contributed by atoms with van der Waals surface area (Å²) in [5.41, 5.74) is 2.74. The van der Waals surface area contributed by atoms with Crippen LogP contribution >= 0.6 is 0 Å². The van der Waals surface area contributed by atoms with E-state index in [0.717, 1.165) is 43.6 Å². The first-order valence-electron chi connectivity index (χ1n) is 16.9. The Balaban J connectivity index is 0.940. The summed E-state index contributed by atoms with van der Waals surface area (Å²) in [4.78, 5) is 25.3. The molecule has 266 valence electrons. The van der Waals surface area contributed by atoms with Crippen LogP contribution in [0.15, 0.2) is 91.6 Å². The molecule has 5 aromatic rings. The maximum Gasteiger partial charge on any atom is 0.256 e. The van der Waals surface area contributed by atoms with Crippen LogP contribution in [-0.2, 0) is 23.5 Å². The smallest absolute Gasteiger partial charge is 0.256 e. The normalized spacial score (nSPS) is 18.6. The molecule has 7 rings (SSSR count). The number of piperazine rings is 1. The number of carbonyl (C=O) groups is 1. The minimum absolute atomic E-state index is 0.102. The molecule has 4 heterocycles. The average molecular weight is 707 g/mol. The summed E-state index contributed by atoms with van der Waals surface area (Å²) < 4.78 is 42.8. The predicted octanol–water partition coefficient (Wildman–Crippen LogP) is 4.91. The van der Waals surface area contributed by atoms with E-state index in [1.165, 1.54) is 31.0 Å². The van der Waals surface area contributed by atoms with Crippen molar-refractivity contribution in [3.05, 3.63) is 126 Å². The first-order chi connectivity index (χ1) is 25.3. The van der Waals surface area contributed by atoms with Crippen LogP contribution in [0.5, 0.6) is 5.75 Å². The number of carbonyl (C=O) groups excluding carboxylic acids is 1. The Morgan fingerprint density at radius 2 is 1.79 bits per heavy atom. The molecule has 0 spiro atoms. The van der Waals surface area contributed by atoms with Gasteiger partial charge in [-0.2, -0.15) is 10.4 Å². The second kappa shape index (κ2) is 15.1. The van der Waals surface area contributed by atoms with Gasteiger partial charge in [0.25, 0.3) is 5.91 Å². The van der Waals surface area contributed by atoms with Crippen LogP contribution in [0, 0.1) is 28.9 Å². The number of benzene rings is 3. The Bertz CT molecular complexity index is 2050. The number of aliphatic hydroxyl groups excluding tert-OH is 1. The van der Waals surface area contributed by atoms with Crippen molar-refractivity contribution in [2.75, 3.05) is 54.5 Å². The van der Waals surface area contributed by atoms with E-state index in [0.29, 0.717) is 41.3 Å². The van der Waals surface area contributed by atoms with Crippen LogP contribution in [0.1, 0.15) is 33.5 Å². The molecule has 2 aliphatic rings. The third-order valence-electron chi connectivity index (χ3n) is 9.48. The number of aromatic nitrogens is 4. The highest BCUT2D eigenvalue weighted by Crippen LogP contribution is 2.42. The van der Waals surface area contributed by atoms with Crippen LogP contribution in [0.4, 0.5) is 26.0 Å². The summed E-state index contributed by atoms with van der Waals surface area (Å²) in [6.07, 6.45) is 4.75. The van der Waals surface area contributed by atoms with Crippen molar-refractivity contribution >= 4 is 23.1 Å². The van der Waals surface area contributed by atoms with E-state index in [1.54, 1.807) is 28.9 Å². The third-order valence-corrected chi connectivity index (χ3v) is 9.48. The molecule has 52 heavy (non-hydrogen) atoms. The van der Waals surface area contributed by atoms with E-state index in [2.05, 4.69) is 30.2 Å². The molecular formula is C38H36F2N8O4. The zero-order valence-corrected chi connectivity index (χ0v) is 28.2. The Kier molecular flexibility index (Phi) is 10.1. The van der Waals surface area contributed by atoms with E-state index in [9.17, 15) is 14.3 Å². The van der Waals surface area contributed by atoms with Gasteiger partial charge in [-0.1, -0.05) is 6.07 Å². The molecule has 0 radical (unpaired) electrons. The lowest BCUT2D eigenvalue weighted by Gasteiger charge is -2.37. The second-order valence-electron chi connectivity index (χ2n) is 12.9. The van der Waals surface area contributed by atoms with Crippen LogP contribution in [0.25, 0.3) is 0 Å². The monoisotopic (exact) mass is 706 g/mol. The highest BCUT2D eigenvalue weighted by Gasteiger charge is 2.44. The fourth-order valence-electron chi connectivity index (χ4n) is 6.79. The number of amides is 1. The Morgan fingerprint density at radius 3 is 2.46 bits per heavy atom. The van der Waals surface area contributed by atoms with Gasteiger partial charge in [-0.15, -0.1) is 0 Å². The Hall–Kier alpha value is -5.91. The Morgan fingerprint density at radius 1 is 1.02 bits per heavy atom. The van der Waals surface area contributed by atoms with E-state index in [1.807, 2.05) is 36.4 Å². The lowest BCUT2D eigenvalue weighted by atomic mass is 9.87. The highest BCUT2D eigenvalue weighted by atomic mass is 19.1. The van der Waals surface area contributed by atoms with E-state index in [-0.39, 0.29) is 37.1 Å². The molecule has 0 unspecified atom stereocenters. The highest BCUT2D eigenvalue weighted by molar-refractivity contribution is 6.03. The maximum absolute atomic E-state index is 15.0. The van der Waals surface area contributed by atoms with Crippen LogP contribution in [0.3, 0.4) is 0 Å². The topological polar surface area (TPSA) is 142 Å². The molecule has 2 aliphatic heterocycles.